The van der Waals surface area contributed by atoms with Crippen LogP contribution in [0.1, 0.15) is 11.1 Å². The number of hydrogen-bond donors (Lipinski definition) is 0. The van der Waals surface area contributed by atoms with Crippen LogP contribution in [0.3, 0.4) is 0 Å². The average Bonchev–Trinajstić information content (AvgIpc) is 2.85. The van der Waals surface area contributed by atoms with Crippen molar-refractivity contribution in [3.8, 4) is 0 Å². The quantitative estimate of drug-likeness (QED) is 0.192. The molecule has 176 valence electrons. The Morgan fingerprint density at radius 1 is 0.727 bits per heavy atom. The first kappa shape index (κ1) is 25.4. The van der Waals surface area contributed by atoms with E-state index in [1.54, 1.807) is 24.3 Å². The predicted octanol–water partition coefficient (Wildman–Crippen LogP) is 3.81. The lowest BCUT2D eigenvalue weighted by Gasteiger charge is -2.18. The summed E-state index contributed by atoms with van der Waals surface area (Å²) in [5.41, 5.74) is 1.58. The number of esters is 1. The Balaban J connectivity index is 1.77. The Morgan fingerprint density at radius 3 is 1.88 bits per heavy atom. The summed E-state index contributed by atoms with van der Waals surface area (Å²) >= 11 is 0. The second kappa shape index (κ2) is 15.0. The van der Waals surface area contributed by atoms with Crippen LogP contribution < -0.4 is 0 Å². The van der Waals surface area contributed by atoms with Gasteiger partial charge in [0.1, 0.15) is 26.4 Å². The fraction of sp³-hybridized carbons (Fsp3) is 0.292. The molecule has 0 amide bonds. The van der Waals surface area contributed by atoms with Gasteiger partial charge in [0.05, 0.1) is 13.2 Å². The maximum Gasteiger partial charge on any atom is 0.509 e. The van der Waals surface area contributed by atoms with E-state index in [1.165, 1.54) is 0 Å². The van der Waals surface area contributed by atoms with Gasteiger partial charge in [-0.25, -0.2) is 14.4 Å². The van der Waals surface area contributed by atoms with Crippen molar-refractivity contribution in [2.45, 2.75) is 19.3 Å². The van der Waals surface area contributed by atoms with Gasteiger partial charge in [0.2, 0.25) is 0 Å². The Labute approximate surface area is 191 Å². The summed E-state index contributed by atoms with van der Waals surface area (Å²) < 4.78 is 30.5. The highest BCUT2D eigenvalue weighted by atomic mass is 16.8. The highest BCUT2D eigenvalue weighted by Crippen LogP contribution is 2.06. The maximum atomic E-state index is 12.0. The van der Waals surface area contributed by atoms with E-state index < -0.39 is 24.4 Å². The number of carbonyl (C=O) groups excluding carboxylic acids is 3. The van der Waals surface area contributed by atoms with Crippen molar-refractivity contribution in [1.82, 2.24) is 0 Å². The van der Waals surface area contributed by atoms with Gasteiger partial charge in [-0.2, -0.15) is 0 Å². The minimum Gasteiger partial charge on any atom is -0.460 e. The van der Waals surface area contributed by atoms with Crippen molar-refractivity contribution in [1.29, 1.82) is 0 Å². The third kappa shape index (κ3) is 11.4. The van der Waals surface area contributed by atoms with Crippen molar-refractivity contribution in [2.24, 2.45) is 0 Å². The summed E-state index contributed by atoms with van der Waals surface area (Å²) in [6, 6.07) is 18.1. The Morgan fingerprint density at radius 2 is 1.30 bits per heavy atom. The smallest absolute Gasteiger partial charge is 0.460 e. The molecule has 1 atom stereocenters. The highest BCUT2D eigenvalue weighted by Gasteiger charge is 2.19. The molecular formula is C24H26O9. The molecule has 2 rings (SSSR count). The van der Waals surface area contributed by atoms with Gasteiger partial charge in [-0.15, -0.1) is 0 Å². The standard InChI is InChI=1S/C24H26O9/c1-2-22(25)29-14-13-28-17-21(33-24(27)31-16-20-11-7-4-8-12-20)18-32-23(26)30-15-19-9-5-3-6-10-19/h2-12,21H,1,13-18H2. The van der Waals surface area contributed by atoms with Gasteiger partial charge in [-0.05, 0) is 11.1 Å². The summed E-state index contributed by atoms with van der Waals surface area (Å²) in [6.07, 6.45) is -1.81. The van der Waals surface area contributed by atoms with Crippen molar-refractivity contribution in [3.63, 3.8) is 0 Å². The van der Waals surface area contributed by atoms with E-state index >= 15 is 0 Å². The Kier molecular flexibility index (Phi) is 11.6. The van der Waals surface area contributed by atoms with Crippen LogP contribution in [0.15, 0.2) is 73.3 Å². The lowest BCUT2D eigenvalue weighted by Crippen LogP contribution is -2.30. The third-order valence-electron chi connectivity index (χ3n) is 3.99. The molecule has 33 heavy (non-hydrogen) atoms. The zero-order valence-corrected chi connectivity index (χ0v) is 18.1. The molecule has 0 saturated carbocycles. The van der Waals surface area contributed by atoms with Crippen molar-refractivity contribution < 1.29 is 42.8 Å². The van der Waals surface area contributed by atoms with E-state index in [0.717, 1.165) is 17.2 Å². The summed E-state index contributed by atoms with van der Waals surface area (Å²) in [6.45, 7) is 2.92. The van der Waals surface area contributed by atoms with E-state index in [0.29, 0.717) is 0 Å². The molecule has 0 aliphatic rings. The monoisotopic (exact) mass is 458 g/mol. The van der Waals surface area contributed by atoms with E-state index in [2.05, 4.69) is 6.58 Å². The highest BCUT2D eigenvalue weighted by molar-refractivity contribution is 5.81. The predicted molar refractivity (Wildman–Crippen MR) is 116 cm³/mol. The molecule has 0 radical (unpaired) electrons. The first-order valence-corrected chi connectivity index (χ1v) is 10.1. The van der Waals surface area contributed by atoms with Gasteiger partial charge in [0.15, 0.2) is 6.10 Å². The molecule has 0 fully saturated rings. The van der Waals surface area contributed by atoms with E-state index in [-0.39, 0.29) is 39.6 Å². The third-order valence-corrected chi connectivity index (χ3v) is 3.99. The SMILES string of the molecule is C=CC(=O)OCCOCC(COC(=O)OCc1ccccc1)OC(=O)OCc1ccccc1. The molecular weight excluding hydrogens is 432 g/mol. The van der Waals surface area contributed by atoms with Gasteiger partial charge in [0.25, 0.3) is 0 Å². The molecule has 0 aliphatic carbocycles. The largest absolute Gasteiger partial charge is 0.509 e. The number of ether oxygens (including phenoxy) is 6. The average molecular weight is 458 g/mol. The molecule has 0 bridgehead atoms. The van der Waals surface area contributed by atoms with Crippen LogP contribution in [0.25, 0.3) is 0 Å². The van der Waals surface area contributed by atoms with Crippen LogP contribution in [-0.2, 0) is 46.4 Å². The summed E-state index contributed by atoms with van der Waals surface area (Å²) in [5, 5.41) is 0. The van der Waals surface area contributed by atoms with Crippen molar-refractivity contribution in [2.75, 3.05) is 26.4 Å². The summed E-state index contributed by atoms with van der Waals surface area (Å²) in [7, 11) is 0. The normalized spacial score (nSPS) is 11.0. The van der Waals surface area contributed by atoms with Crippen LogP contribution in [0.4, 0.5) is 9.59 Å². The lowest BCUT2D eigenvalue weighted by molar-refractivity contribution is -0.139. The first-order chi connectivity index (χ1) is 16.1. The molecule has 0 N–H and O–H groups in total. The maximum absolute atomic E-state index is 12.0. The van der Waals surface area contributed by atoms with E-state index in [1.807, 2.05) is 36.4 Å². The van der Waals surface area contributed by atoms with Crippen LogP contribution in [-0.4, -0.2) is 50.8 Å². The molecule has 0 aromatic heterocycles. The summed E-state index contributed by atoms with van der Waals surface area (Å²) in [5.74, 6) is -0.583. The minimum absolute atomic E-state index is 0.0179. The summed E-state index contributed by atoms with van der Waals surface area (Å²) in [4.78, 5) is 35.0. The lowest BCUT2D eigenvalue weighted by atomic mass is 10.2. The zero-order valence-electron chi connectivity index (χ0n) is 18.1. The number of carbonyl (C=O) groups is 3. The topological polar surface area (TPSA) is 107 Å². The zero-order chi connectivity index (χ0) is 23.7. The number of benzene rings is 2. The molecule has 0 spiro atoms. The van der Waals surface area contributed by atoms with Gasteiger partial charge < -0.3 is 28.4 Å². The number of hydrogen-bond acceptors (Lipinski definition) is 9. The second-order valence-electron chi connectivity index (χ2n) is 6.55. The van der Waals surface area contributed by atoms with Crippen molar-refractivity contribution in [3.05, 3.63) is 84.4 Å². The molecule has 0 aliphatic heterocycles. The molecule has 1 unspecified atom stereocenters. The number of rotatable bonds is 13. The van der Waals surface area contributed by atoms with E-state index in [4.69, 9.17) is 28.4 Å². The molecule has 9 heteroatoms. The Hall–Kier alpha value is -3.85. The van der Waals surface area contributed by atoms with Gasteiger partial charge >= 0.3 is 18.3 Å². The van der Waals surface area contributed by atoms with Crippen LogP contribution in [0.5, 0.6) is 0 Å². The molecule has 0 heterocycles. The van der Waals surface area contributed by atoms with Gasteiger partial charge in [-0.1, -0.05) is 67.2 Å². The van der Waals surface area contributed by atoms with E-state index in [9.17, 15) is 14.4 Å². The van der Waals surface area contributed by atoms with Crippen LogP contribution in [0.2, 0.25) is 0 Å². The van der Waals surface area contributed by atoms with Gasteiger partial charge in [-0.3, -0.25) is 0 Å². The fourth-order valence-electron chi connectivity index (χ4n) is 2.40. The molecule has 2 aromatic rings. The van der Waals surface area contributed by atoms with Crippen LogP contribution in [0, 0.1) is 0 Å². The first-order valence-electron chi connectivity index (χ1n) is 10.1. The van der Waals surface area contributed by atoms with Crippen LogP contribution >= 0.6 is 0 Å². The molecule has 2 aromatic carbocycles. The molecule has 0 saturated heterocycles. The molecule has 9 nitrogen and oxygen atoms in total. The minimum atomic E-state index is -0.965. The van der Waals surface area contributed by atoms with Gasteiger partial charge in [0, 0.05) is 6.08 Å². The van der Waals surface area contributed by atoms with Crippen molar-refractivity contribution >= 4 is 18.3 Å². The second-order valence-corrected chi connectivity index (χ2v) is 6.55. The Bertz CT molecular complexity index is 868. The fourth-order valence-corrected chi connectivity index (χ4v) is 2.40.